The topological polar surface area (TPSA) is 78.5 Å². The van der Waals surface area contributed by atoms with E-state index in [2.05, 4.69) is 10.2 Å². The van der Waals surface area contributed by atoms with Gasteiger partial charge in [-0.2, -0.15) is 22.1 Å². The molecule has 22 heavy (non-hydrogen) atoms. The van der Waals surface area contributed by atoms with E-state index < -0.39 is 10.2 Å². The van der Waals surface area contributed by atoms with Gasteiger partial charge in [0.05, 0.1) is 18.4 Å². The van der Waals surface area contributed by atoms with Gasteiger partial charge < -0.3 is 4.74 Å². The summed E-state index contributed by atoms with van der Waals surface area (Å²) in [6.45, 7) is 5.82. The average Bonchev–Trinajstić information content (AvgIpc) is 3.00. The third kappa shape index (κ3) is 3.19. The molecule has 2 fully saturated rings. The minimum absolute atomic E-state index is 0.0620. The monoisotopic (exact) mass is 328 g/mol. The van der Waals surface area contributed by atoms with E-state index in [9.17, 15) is 8.42 Å². The Kier molecular flexibility index (Phi) is 4.54. The Morgan fingerprint density at radius 3 is 2.59 bits per heavy atom. The van der Waals surface area contributed by atoms with Crippen molar-refractivity contribution in [1.29, 1.82) is 0 Å². The van der Waals surface area contributed by atoms with Gasteiger partial charge in [0.2, 0.25) is 0 Å². The van der Waals surface area contributed by atoms with Crippen LogP contribution in [0.4, 0.5) is 0 Å². The van der Waals surface area contributed by atoms with Crippen LogP contribution in [0.1, 0.15) is 38.2 Å². The predicted octanol–water partition coefficient (Wildman–Crippen LogP) is 0.943. The normalized spacial score (nSPS) is 32.2. The van der Waals surface area contributed by atoms with Crippen LogP contribution in [0, 0.1) is 0 Å². The highest BCUT2D eigenvalue weighted by molar-refractivity contribution is 7.86. The summed E-state index contributed by atoms with van der Waals surface area (Å²) >= 11 is 0. The lowest BCUT2D eigenvalue weighted by Gasteiger charge is -2.39. The standard InChI is InChI=1S/C14H24N4O3S/c1-11-8-18(9-12(2)21-11)22(19,20)17-5-3-4-13(10-17)14-6-15-16-7-14/h6-7,11-13H,3-5,8-10H2,1-2H3,(H,15,16)/t11-,12-,13-/m1/s1. The van der Waals surface area contributed by atoms with Gasteiger partial charge in [-0.3, -0.25) is 5.10 Å². The number of piperidine rings is 1. The molecule has 0 aliphatic carbocycles. The molecular formula is C14H24N4O3S. The molecule has 0 saturated carbocycles. The fraction of sp³-hybridized carbons (Fsp3) is 0.786. The van der Waals surface area contributed by atoms with E-state index in [0.29, 0.717) is 26.2 Å². The molecule has 3 atom stereocenters. The number of hydrogen-bond donors (Lipinski definition) is 1. The van der Waals surface area contributed by atoms with Crippen molar-refractivity contribution in [1.82, 2.24) is 18.8 Å². The van der Waals surface area contributed by atoms with Crippen LogP contribution in [0.2, 0.25) is 0 Å². The summed E-state index contributed by atoms with van der Waals surface area (Å²) in [5.74, 6) is 0.221. The summed E-state index contributed by atoms with van der Waals surface area (Å²) in [5.41, 5.74) is 1.09. The van der Waals surface area contributed by atoms with Crippen LogP contribution in [0.5, 0.6) is 0 Å². The number of ether oxygens (including phenoxy) is 1. The predicted molar refractivity (Wildman–Crippen MR) is 82.6 cm³/mol. The highest BCUT2D eigenvalue weighted by atomic mass is 32.2. The molecule has 2 aliphatic rings. The van der Waals surface area contributed by atoms with Crippen molar-refractivity contribution >= 4 is 10.2 Å². The molecular weight excluding hydrogens is 304 g/mol. The lowest BCUT2D eigenvalue weighted by atomic mass is 9.94. The van der Waals surface area contributed by atoms with E-state index >= 15 is 0 Å². The van der Waals surface area contributed by atoms with Gasteiger partial charge in [0, 0.05) is 38.3 Å². The molecule has 0 spiro atoms. The molecule has 0 bridgehead atoms. The maximum Gasteiger partial charge on any atom is 0.282 e. The van der Waals surface area contributed by atoms with Gasteiger partial charge in [-0.25, -0.2) is 0 Å². The van der Waals surface area contributed by atoms with Gasteiger partial charge in [0.15, 0.2) is 0 Å². The maximum atomic E-state index is 12.9. The van der Waals surface area contributed by atoms with Crippen LogP contribution in [-0.4, -0.2) is 65.6 Å². The Balaban J connectivity index is 1.74. The molecule has 2 saturated heterocycles. The van der Waals surface area contributed by atoms with E-state index in [4.69, 9.17) is 4.74 Å². The Morgan fingerprint density at radius 1 is 1.23 bits per heavy atom. The van der Waals surface area contributed by atoms with E-state index in [0.717, 1.165) is 18.4 Å². The smallest absolute Gasteiger partial charge is 0.282 e. The molecule has 124 valence electrons. The van der Waals surface area contributed by atoms with Crippen LogP contribution in [0.3, 0.4) is 0 Å². The zero-order valence-electron chi connectivity index (χ0n) is 13.1. The Hall–Kier alpha value is -0.960. The van der Waals surface area contributed by atoms with Gasteiger partial charge in [-0.05, 0) is 32.3 Å². The van der Waals surface area contributed by atoms with Gasteiger partial charge in [-0.15, -0.1) is 0 Å². The van der Waals surface area contributed by atoms with Crippen molar-refractivity contribution in [3.8, 4) is 0 Å². The first-order chi connectivity index (χ1) is 10.5. The second-order valence-corrected chi connectivity index (χ2v) is 8.24. The molecule has 0 amide bonds. The minimum Gasteiger partial charge on any atom is -0.373 e. The van der Waals surface area contributed by atoms with Crippen LogP contribution in [-0.2, 0) is 14.9 Å². The highest BCUT2D eigenvalue weighted by Crippen LogP contribution is 2.29. The number of aromatic nitrogens is 2. The molecule has 3 heterocycles. The maximum absolute atomic E-state index is 12.9. The molecule has 1 aromatic rings. The number of nitrogens with zero attached hydrogens (tertiary/aromatic N) is 3. The molecule has 7 nitrogen and oxygen atoms in total. The summed E-state index contributed by atoms with van der Waals surface area (Å²) in [7, 11) is -3.42. The molecule has 1 aromatic heterocycles. The molecule has 0 radical (unpaired) electrons. The lowest BCUT2D eigenvalue weighted by molar-refractivity contribution is -0.0456. The number of aromatic amines is 1. The van der Waals surface area contributed by atoms with Crippen LogP contribution in [0.15, 0.2) is 12.4 Å². The average molecular weight is 328 g/mol. The van der Waals surface area contributed by atoms with Gasteiger partial charge in [0.1, 0.15) is 0 Å². The van der Waals surface area contributed by atoms with Crippen LogP contribution < -0.4 is 0 Å². The summed E-state index contributed by atoms with van der Waals surface area (Å²) in [6, 6.07) is 0. The fourth-order valence-corrected chi connectivity index (χ4v) is 5.24. The van der Waals surface area contributed by atoms with Crippen molar-refractivity contribution in [2.24, 2.45) is 0 Å². The van der Waals surface area contributed by atoms with Crippen LogP contribution in [0.25, 0.3) is 0 Å². The Bertz CT molecular complexity index is 579. The Morgan fingerprint density at radius 2 is 1.95 bits per heavy atom. The zero-order valence-corrected chi connectivity index (χ0v) is 13.9. The van der Waals surface area contributed by atoms with Crippen LogP contribution >= 0.6 is 0 Å². The summed E-state index contributed by atoms with van der Waals surface area (Å²) in [6.07, 6.45) is 5.41. The van der Waals surface area contributed by atoms with Crippen molar-refractivity contribution in [3.63, 3.8) is 0 Å². The summed E-state index contributed by atoms with van der Waals surface area (Å²) < 4.78 is 34.7. The SMILES string of the molecule is C[C@@H]1CN(S(=O)(=O)N2CCC[C@@H](c3cn[nH]c3)C2)C[C@@H](C)O1. The van der Waals surface area contributed by atoms with E-state index in [1.165, 1.54) is 0 Å². The number of rotatable bonds is 3. The minimum atomic E-state index is -3.42. The van der Waals surface area contributed by atoms with E-state index in [1.54, 1.807) is 14.8 Å². The summed E-state index contributed by atoms with van der Waals surface area (Å²) in [4.78, 5) is 0. The number of morpholine rings is 1. The van der Waals surface area contributed by atoms with Gasteiger partial charge in [0.25, 0.3) is 10.2 Å². The van der Waals surface area contributed by atoms with Gasteiger partial charge >= 0.3 is 0 Å². The summed E-state index contributed by atoms with van der Waals surface area (Å²) in [5, 5.41) is 6.79. The molecule has 8 heteroatoms. The third-order valence-electron chi connectivity index (χ3n) is 4.41. The number of H-pyrrole nitrogens is 1. The highest BCUT2D eigenvalue weighted by Gasteiger charge is 2.37. The third-order valence-corrected chi connectivity index (χ3v) is 6.35. The fourth-order valence-electron chi connectivity index (χ4n) is 3.39. The number of nitrogens with one attached hydrogen (secondary N) is 1. The molecule has 0 aromatic carbocycles. The number of hydrogen-bond acceptors (Lipinski definition) is 4. The lowest BCUT2D eigenvalue weighted by Crippen LogP contribution is -2.54. The molecule has 0 unspecified atom stereocenters. The van der Waals surface area contributed by atoms with E-state index in [-0.39, 0.29) is 18.1 Å². The quantitative estimate of drug-likeness (QED) is 0.896. The first-order valence-corrected chi connectivity index (χ1v) is 9.26. The van der Waals surface area contributed by atoms with E-state index in [1.807, 2.05) is 20.0 Å². The molecule has 3 rings (SSSR count). The largest absolute Gasteiger partial charge is 0.373 e. The first kappa shape index (κ1) is 15.9. The second kappa shape index (κ2) is 6.27. The van der Waals surface area contributed by atoms with Crippen molar-refractivity contribution in [3.05, 3.63) is 18.0 Å². The molecule has 1 N–H and O–H groups in total. The van der Waals surface area contributed by atoms with Crippen molar-refractivity contribution in [2.75, 3.05) is 26.2 Å². The van der Waals surface area contributed by atoms with Crippen molar-refractivity contribution < 1.29 is 13.2 Å². The first-order valence-electron chi connectivity index (χ1n) is 7.86. The second-order valence-electron chi connectivity index (χ2n) is 6.31. The molecule has 2 aliphatic heterocycles. The van der Waals surface area contributed by atoms with Gasteiger partial charge in [-0.1, -0.05) is 0 Å². The Labute approximate surface area is 131 Å². The van der Waals surface area contributed by atoms with Crippen molar-refractivity contribution in [2.45, 2.75) is 44.8 Å². The zero-order chi connectivity index (χ0) is 15.7.